The minimum Gasteiger partial charge on any atom is -0.493 e. The van der Waals surface area contributed by atoms with Crippen LogP contribution in [0.15, 0.2) is 78.9 Å². The van der Waals surface area contributed by atoms with Gasteiger partial charge in [-0.2, -0.15) is 0 Å². The zero-order valence-electron chi connectivity index (χ0n) is 18.3. The van der Waals surface area contributed by atoms with Gasteiger partial charge in [-0.3, -0.25) is 10.1 Å². The number of hydrogen-bond donors (Lipinski definition) is 2. The number of carbonyl (C=O) groups is 1. The van der Waals surface area contributed by atoms with Crippen LogP contribution in [0.5, 0.6) is 11.5 Å². The molecule has 0 atom stereocenters. The molecule has 1 amide bonds. The minimum atomic E-state index is -0.287. The molecule has 0 saturated heterocycles. The first-order valence-corrected chi connectivity index (χ1v) is 11.0. The fourth-order valence-corrected chi connectivity index (χ4v) is 3.11. The summed E-state index contributed by atoms with van der Waals surface area (Å²) in [5.41, 5.74) is 2.47. The summed E-state index contributed by atoms with van der Waals surface area (Å²) in [6.07, 6.45) is 0.826. The summed E-state index contributed by atoms with van der Waals surface area (Å²) in [7, 11) is 0. The van der Waals surface area contributed by atoms with E-state index in [2.05, 4.69) is 36.6 Å². The van der Waals surface area contributed by atoms with E-state index < -0.39 is 0 Å². The lowest BCUT2D eigenvalue weighted by atomic mass is 10.2. The second-order valence-electron chi connectivity index (χ2n) is 7.75. The maximum Gasteiger partial charge on any atom is 0.257 e. The molecule has 6 heteroatoms. The molecule has 2 N–H and O–H groups in total. The van der Waals surface area contributed by atoms with Crippen molar-refractivity contribution in [2.75, 3.05) is 18.5 Å². The molecule has 3 aromatic rings. The van der Waals surface area contributed by atoms with Crippen LogP contribution in [0.3, 0.4) is 0 Å². The van der Waals surface area contributed by atoms with Crippen LogP contribution < -0.4 is 20.1 Å². The molecule has 0 bridgehead atoms. The third kappa shape index (κ3) is 7.71. The van der Waals surface area contributed by atoms with Gasteiger partial charge in [0.1, 0.15) is 11.5 Å². The Morgan fingerprint density at radius 2 is 1.66 bits per heavy atom. The number of ether oxygens (including phenoxy) is 2. The normalized spacial score (nSPS) is 10.5. The monoisotopic (exact) mass is 448 g/mol. The molecule has 0 aromatic heterocycles. The number of anilines is 1. The van der Waals surface area contributed by atoms with Gasteiger partial charge in [-0.25, -0.2) is 0 Å². The number of nitrogens with one attached hydrogen (secondary N) is 2. The quantitative estimate of drug-likeness (QED) is 0.425. The molecule has 5 nitrogen and oxygen atoms in total. The Morgan fingerprint density at radius 3 is 2.38 bits per heavy atom. The zero-order valence-corrected chi connectivity index (χ0v) is 19.2. The third-order valence-corrected chi connectivity index (χ3v) is 4.73. The first-order chi connectivity index (χ1) is 15.5. The van der Waals surface area contributed by atoms with Crippen LogP contribution in [-0.2, 0) is 6.42 Å². The van der Waals surface area contributed by atoms with Crippen molar-refractivity contribution in [1.82, 2.24) is 5.32 Å². The van der Waals surface area contributed by atoms with Crippen LogP contribution in [0.25, 0.3) is 0 Å². The summed E-state index contributed by atoms with van der Waals surface area (Å²) in [6.45, 7) is 5.40. The van der Waals surface area contributed by atoms with Crippen LogP contribution in [0.2, 0.25) is 0 Å². The standard InChI is InChI=1S/C26H28N2O3S/c1-19(2)18-31-24-10-6-9-22(17-24)27-26(32)28-25(29)21-11-13-23(14-12-21)30-16-15-20-7-4-3-5-8-20/h3-14,17,19H,15-16,18H2,1-2H3,(H2,27,28,29,32). The Kier molecular flexibility index (Phi) is 8.63. The van der Waals surface area contributed by atoms with Gasteiger partial charge in [-0.15, -0.1) is 0 Å². The molecule has 0 heterocycles. The number of amides is 1. The van der Waals surface area contributed by atoms with E-state index in [1.165, 1.54) is 5.56 Å². The largest absolute Gasteiger partial charge is 0.493 e. The number of carbonyl (C=O) groups excluding carboxylic acids is 1. The first-order valence-electron chi connectivity index (χ1n) is 10.6. The fraction of sp³-hybridized carbons (Fsp3) is 0.231. The molecule has 0 aliphatic carbocycles. The van der Waals surface area contributed by atoms with Crippen molar-refractivity contribution in [2.24, 2.45) is 5.92 Å². The Hall–Kier alpha value is -3.38. The van der Waals surface area contributed by atoms with Gasteiger partial charge >= 0.3 is 0 Å². The van der Waals surface area contributed by atoms with Crippen molar-refractivity contribution in [3.63, 3.8) is 0 Å². The lowest BCUT2D eigenvalue weighted by Gasteiger charge is -2.12. The van der Waals surface area contributed by atoms with Crippen molar-refractivity contribution in [3.8, 4) is 11.5 Å². The van der Waals surface area contributed by atoms with Crippen molar-refractivity contribution < 1.29 is 14.3 Å². The molecule has 0 unspecified atom stereocenters. The van der Waals surface area contributed by atoms with Crippen LogP contribution in [0.1, 0.15) is 29.8 Å². The zero-order chi connectivity index (χ0) is 22.8. The average molecular weight is 449 g/mol. The van der Waals surface area contributed by atoms with Gasteiger partial charge in [0.05, 0.1) is 13.2 Å². The number of hydrogen-bond acceptors (Lipinski definition) is 4. The molecule has 0 spiro atoms. The minimum absolute atomic E-state index is 0.221. The third-order valence-electron chi connectivity index (χ3n) is 4.52. The molecule has 32 heavy (non-hydrogen) atoms. The van der Waals surface area contributed by atoms with Crippen molar-refractivity contribution in [3.05, 3.63) is 90.0 Å². The van der Waals surface area contributed by atoms with E-state index in [0.29, 0.717) is 24.7 Å². The number of thiocarbonyl (C=S) groups is 1. The van der Waals surface area contributed by atoms with E-state index in [4.69, 9.17) is 21.7 Å². The summed E-state index contributed by atoms with van der Waals surface area (Å²) >= 11 is 5.28. The lowest BCUT2D eigenvalue weighted by Crippen LogP contribution is -2.34. The van der Waals surface area contributed by atoms with Crippen molar-refractivity contribution in [1.29, 1.82) is 0 Å². The van der Waals surface area contributed by atoms with E-state index in [9.17, 15) is 4.79 Å². The molecule has 0 fully saturated rings. The summed E-state index contributed by atoms with van der Waals surface area (Å²) in [5.74, 6) is 1.62. The predicted octanol–water partition coefficient (Wildman–Crippen LogP) is 5.47. The highest BCUT2D eigenvalue weighted by Crippen LogP contribution is 2.18. The average Bonchev–Trinajstić information content (AvgIpc) is 2.79. The SMILES string of the molecule is CC(C)COc1cccc(NC(=S)NC(=O)c2ccc(OCCc3ccccc3)cc2)c1. The molecule has 3 rings (SSSR count). The van der Waals surface area contributed by atoms with E-state index in [0.717, 1.165) is 23.6 Å². The molecule has 3 aromatic carbocycles. The molecule has 0 radical (unpaired) electrons. The first kappa shape index (κ1) is 23.3. The van der Waals surface area contributed by atoms with Crippen LogP contribution in [-0.4, -0.2) is 24.2 Å². The van der Waals surface area contributed by atoms with Gasteiger partial charge in [0, 0.05) is 23.7 Å². The Morgan fingerprint density at radius 1 is 0.906 bits per heavy atom. The van der Waals surface area contributed by atoms with E-state index >= 15 is 0 Å². The summed E-state index contributed by atoms with van der Waals surface area (Å²) in [4.78, 5) is 12.5. The van der Waals surface area contributed by atoms with Gasteiger partial charge in [-0.05, 0) is 60.1 Å². The Bertz CT molecular complexity index is 1020. The summed E-state index contributed by atoms with van der Waals surface area (Å²) in [5, 5.41) is 5.94. The highest BCUT2D eigenvalue weighted by molar-refractivity contribution is 7.80. The van der Waals surface area contributed by atoms with Gasteiger partial charge in [0.15, 0.2) is 5.11 Å². The summed E-state index contributed by atoms with van der Waals surface area (Å²) in [6, 6.07) is 24.6. The Balaban J connectivity index is 1.46. The number of rotatable bonds is 9. The van der Waals surface area contributed by atoms with Crippen LogP contribution in [0, 0.1) is 5.92 Å². The Labute approximate surface area is 194 Å². The van der Waals surface area contributed by atoms with E-state index in [1.807, 2.05) is 42.5 Å². The smallest absolute Gasteiger partial charge is 0.257 e. The molecule has 0 aliphatic rings. The van der Waals surface area contributed by atoms with E-state index in [1.54, 1.807) is 24.3 Å². The van der Waals surface area contributed by atoms with Gasteiger partial charge in [0.25, 0.3) is 5.91 Å². The van der Waals surface area contributed by atoms with Crippen LogP contribution >= 0.6 is 12.2 Å². The van der Waals surface area contributed by atoms with E-state index in [-0.39, 0.29) is 11.0 Å². The maximum absolute atomic E-state index is 12.5. The molecular weight excluding hydrogens is 420 g/mol. The fourth-order valence-electron chi connectivity index (χ4n) is 2.90. The lowest BCUT2D eigenvalue weighted by molar-refractivity contribution is 0.0977. The maximum atomic E-state index is 12.5. The topological polar surface area (TPSA) is 59.6 Å². The summed E-state index contributed by atoms with van der Waals surface area (Å²) < 4.78 is 11.5. The predicted molar refractivity (Wildman–Crippen MR) is 133 cm³/mol. The molecule has 0 saturated carbocycles. The highest BCUT2D eigenvalue weighted by Gasteiger charge is 2.09. The van der Waals surface area contributed by atoms with Gasteiger partial charge < -0.3 is 14.8 Å². The van der Waals surface area contributed by atoms with Crippen molar-refractivity contribution in [2.45, 2.75) is 20.3 Å². The highest BCUT2D eigenvalue weighted by atomic mass is 32.1. The second-order valence-corrected chi connectivity index (χ2v) is 8.16. The second kappa shape index (κ2) is 11.9. The van der Waals surface area contributed by atoms with Gasteiger partial charge in [0.2, 0.25) is 0 Å². The molecular formula is C26H28N2O3S. The molecule has 166 valence electrons. The number of benzene rings is 3. The van der Waals surface area contributed by atoms with Crippen LogP contribution in [0.4, 0.5) is 5.69 Å². The van der Waals surface area contributed by atoms with Gasteiger partial charge in [-0.1, -0.05) is 50.2 Å². The van der Waals surface area contributed by atoms with Crippen molar-refractivity contribution >= 4 is 28.9 Å². The molecule has 0 aliphatic heterocycles.